The molecule has 2 N–H and O–H groups in total. The second kappa shape index (κ2) is 4.92. The van der Waals surface area contributed by atoms with E-state index in [0.717, 1.165) is 6.20 Å². The molecule has 0 aromatic carbocycles. The molecule has 0 aliphatic carbocycles. The molecule has 1 amide bonds. The summed E-state index contributed by atoms with van der Waals surface area (Å²) in [5.41, 5.74) is -0.387. The Morgan fingerprint density at radius 1 is 1.40 bits per heavy atom. The van der Waals surface area contributed by atoms with E-state index in [9.17, 15) is 14.1 Å². The fourth-order valence-corrected chi connectivity index (χ4v) is 1.75. The zero-order chi connectivity index (χ0) is 14.9. The van der Waals surface area contributed by atoms with Crippen molar-refractivity contribution >= 4 is 11.9 Å². The van der Waals surface area contributed by atoms with Gasteiger partial charge in [0.25, 0.3) is 5.91 Å². The molecule has 0 unspecified atom stereocenters. The van der Waals surface area contributed by atoms with E-state index >= 15 is 0 Å². The van der Waals surface area contributed by atoms with Crippen molar-refractivity contribution in [3.8, 4) is 0 Å². The summed E-state index contributed by atoms with van der Waals surface area (Å²) in [6.07, 6.45) is 5.10. The van der Waals surface area contributed by atoms with Gasteiger partial charge in [0, 0.05) is 18.0 Å². The first-order valence-electron chi connectivity index (χ1n) is 6.03. The minimum atomic E-state index is -0.706. The second-order valence-corrected chi connectivity index (χ2v) is 5.38. The van der Waals surface area contributed by atoms with Crippen LogP contribution < -0.4 is 10.7 Å². The maximum atomic E-state index is 13.1. The number of rotatable bonds is 2. The number of hydrogen-bond donors (Lipinski definition) is 2. The summed E-state index contributed by atoms with van der Waals surface area (Å²) in [5.74, 6) is -0.974. The molecule has 0 saturated carbocycles. The Labute approximate surface area is 114 Å². The normalized spacial score (nSPS) is 11.4. The molecule has 106 valence electrons. The van der Waals surface area contributed by atoms with Gasteiger partial charge in [0.15, 0.2) is 5.43 Å². The molecule has 20 heavy (non-hydrogen) atoms. The summed E-state index contributed by atoms with van der Waals surface area (Å²) < 4.78 is 13.1. The van der Waals surface area contributed by atoms with E-state index in [4.69, 9.17) is 0 Å². The van der Waals surface area contributed by atoms with Crippen LogP contribution in [-0.2, 0) is 5.41 Å². The number of aromatic amines is 1. The number of H-pyrrole nitrogens is 1. The van der Waals surface area contributed by atoms with Gasteiger partial charge in [-0.1, -0.05) is 25.3 Å². The number of nitrogens with zero attached hydrogens (tertiary/aromatic N) is 2. The van der Waals surface area contributed by atoms with Crippen molar-refractivity contribution in [1.82, 2.24) is 14.8 Å². The largest absolute Gasteiger partial charge is 0.366 e. The number of carbonyl (C=O) groups is 1. The average Bonchev–Trinajstić information content (AvgIpc) is 2.73. The number of nitrogens with one attached hydrogen (secondary N) is 2. The lowest BCUT2D eigenvalue weighted by molar-refractivity contribution is 0.102. The number of anilines is 1. The molecule has 2 aromatic rings. The third kappa shape index (κ3) is 2.61. The third-order valence-corrected chi connectivity index (χ3v) is 2.82. The monoisotopic (exact) mass is 278 g/mol. The first kappa shape index (κ1) is 14.0. The van der Waals surface area contributed by atoms with Crippen LogP contribution in [0, 0.1) is 0 Å². The lowest BCUT2D eigenvalue weighted by Crippen LogP contribution is -2.29. The van der Waals surface area contributed by atoms with Crippen molar-refractivity contribution in [2.45, 2.75) is 26.2 Å². The van der Waals surface area contributed by atoms with E-state index in [0.29, 0.717) is 5.56 Å². The summed E-state index contributed by atoms with van der Waals surface area (Å²) in [5, 5.41) is 2.24. The van der Waals surface area contributed by atoms with Gasteiger partial charge >= 0.3 is 0 Å². The van der Waals surface area contributed by atoms with Crippen molar-refractivity contribution in [1.29, 1.82) is 0 Å². The summed E-state index contributed by atoms with van der Waals surface area (Å²) in [7, 11) is 0. The Hall–Kier alpha value is -2.44. The molecule has 0 saturated heterocycles. The highest BCUT2D eigenvalue weighted by atomic mass is 19.2. The summed E-state index contributed by atoms with van der Waals surface area (Å²) >= 11 is 0. The van der Waals surface area contributed by atoms with Gasteiger partial charge in [-0.3, -0.25) is 14.9 Å². The maximum absolute atomic E-state index is 13.1. The van der Waals surface area contributed by atoms with Gasteiger partial charge < -0.3 is 4.98 Å². The number of aromatic nitrogens is 3. The smallest absolute Gasteiger partial charge is 0.263 e. The first-order valence-corrected chi connectivity index (χ1v) is 6.03. The van der Waals surface area contributed by atoms with Crippen molar-refractivity contribution < 1.29 is 9.28 Å². The van der Waals surface area contributed by atoms with Crippen LogP contribution in [0.5, 0.6) is 0 Å². The van der Waals surface area contributed by atoms with Gasteiger partial charge in [0.2, 0.25) is 5.95 Å². The van der Waals surface area contributed by atoms with Crippen molar-refractivity contribution in [3.05, 3.63) is 46.1 Å². The van der Waals surface area contributed by atoms with Crippen LogP contribution >= 0.6 is 0 Å². The summed E-state index contributed by atoms with van der Waals surface area (Å²) in [6, 6.07) is 0. The number of amides is 1. The Balaban J connectivity index is 2.37. The van der Waals surface area contributed by atoms with Gasteiger partial charge in [0.05, 0.1) is 12.4 Å². The SMILES string of the molecule is CC(C)(C)c1c[nH]cc(C(=O)Nc2nccn2F)c1=O. The van der Waals surface area contributed by atoms with Crippen LogP contribution in [0.3, 0.4) is 0 Å². The minimum absolute atomic E-state index is 0.0829. The van der Waals surface area contributed by atoms with Crippen LogP contribution in [0.1, 0.15) is 36.7 Å². The molecular formula is C13H15FN4O2. The second-order valence-electron chi connectivity index (χ2n) is 5.38. The molecule has 0 bridgehead atoms. The van der Waals surface area contributed by atoms with E-state index < -0.39 is 11.3 Å². The van der Waals surface area contributed by atoms with E-state index in [-0.39, 0.29) is 21.7 Å². The fraction of sp³-hybridized carbons (Fsp3) is 0.308. The Kier molecular flexibility index (Phi) is 3.44. The lowest BCUT2D eigenvalue weighted by Gasteiger charge is -2.18. The van der Waals surface area contributed by atoms with Crippen LogP contribution in [-0.4, -0.2) is 20.7 Å². The minimum Gasteiger partial charge on any atom is -0.366 e. The number of imidazole rings is 1. The number of pyridine rings is 1. The molecule has 7 heteroatoms. The first-order chi connectivity index (χ1) is 9.30. The van der Waals surface area contributed by atoms with E-state index in [2.05, 4.69) is 15.3 Å². The van der Waals surface area contributed by atoms with Crippen LogP contribution in [0.15, 0.2) is 29.6 Å². The molecule has 0 aliphatic heterocycles. The van der Waals surface area contributed by atoms with Gasteiger partial charge in [0.1, 0.15) is 5.56 Å². The van der Waals surface area contributed by atoms with Crippen molar-refractivity contribution in [3.63, 3.8) is 0 Å². The summed E-state index contributed by atoms with van der Waals surface area (Å²) in [4.78, 5) is 30.8. The van der Waals surface area contributed by atoms with Crippen molar-refractivity contribution in [2.75, 3.05) is 5.32 Å². The molecule has 0 aliphatic rings. The topological polar surface area (TPSA) is 79.8 Å². The molecule has 0 fully saturated rings. The highest BCUT2D eigenvalue weighted by Crippen LogP contribution is 2.18. The number of halogens is 1. The molecule has 2 rings (SSSR count). The standard InChI is InChI=1S/C13H15FN4O2/c1-13(2,3)9-7-15-6-8(10(9)19)11(20)17-12-16-4-5-18(12)14/h4-7H,1-3H3,(H,15,19)(H,16,17,20). The lowest BCUT2D eigenvalue weighted by atomic mass is 9.87. The van der Waals surface area contributed by atoms with Crippen LogP contribution in [0.25, 0.3) is 0 Å². The molecule has 2 aromatic heterocycles. The molecule has 0 radical (unpaired) electrons. The van der Waals surface area contributed by atoms with Gasteiger partial charge in [-0.15, -0.1) is 0 Å². The molecule has 2 heterocycles. The highest BCUT2D eigenvalue weighted by molar-refractivity contribution is 6.03. The number of carbonyl (C=O) groups excluding carboxylic acids is 1. The van der Waals surface area contributed by atoms with Crippen LogP contribution in [0.2, 0.25) is 0 Å². The summed E-state index contributed by atoms with van der Waals surface area (Å²) in [6.45, 7) is 5.61. The molecular weight excluding hydrogens is 263 g/mol. The van der Waals surface area contributed by atoms with Gasteiger partial charge in [-0.25, -0.2) is 4.98 Å². The number of hydrogen-bond acceptors (Lipinski definition) is 3. The maximum Gasteiger partial charge on any atom is 0.263 e. The zero-order valence-corrected chi connectivity index (χ0v) is 11.4. The average molecular weight is 278 g/mol. The Bertz CT molecular complexity index is 697. The van der Waals surface area contributed by atoms with Crippen molar-refractivity contribution in [2.24, 2.45) is 0 Å². The quantitative estimate of drug-likeness (QED) is 0.879. The Morgan fingerprint density at radius 2 is 2.10 bits per heavy atom. The molecule has 0 spiro atoms. The molecule has 6 nitrogen and oxygen atoms in total. The van der Waals surface area contributed by atoms with Gasteiger partial charge in [-0.2, -0.15) is 4.79 Å². The zero-order valence-electron chi connectivity index (χ0n) is 11.4. The fourth-order valence-electron chi connectivity index (χ4n) is 1.75. The van der Waals surface area contributed by atoms with Crippen LogP contribution in [0.4, 0.5) is 10.4 Å². The predicted molar refractivity (Wildman–Crippen MR) is 72.4 cm³/mol. The molecule has 0 atom stereocenters. The van der Waals surface area contributed by atoms with Gasteiger partial charge in [-0.05, 0) is 5.41 Å². The van der Waals surface area contributed by atoms with E-state index in [1.165, 1.54) is 12.4 Å². The van der Waals surface area contributed by atoms with E-state index in [1.54, 1.807) is 6.20 Å². The third-order valence-electron chi connectivity index (χ3n) is 2.82. The Morgan fingerprint density at radius 3 is 2.65 bits per heavy atom. The predicted octanol–water partition coefficient (Wildman–Crippen LogP) is 1.85. The highest BCUT2D eigenvalue weighted by Gasteiger charge is 2.22. The van der Waals surface area contributed by atoms with E-state index in [1.807, 2.05) is 20.8 Å².